The Bertz CT molecular complexity index is 1260. The Kier molecular flexibility index (Phi) is 10.6. The molecular formula is C32H46N6O3. The summed E-state index contributed by atoms with van der Waals surface area (Å²) in [6.45, 7) is 11.5. The maximum atomic E-state index is 10.9. The van der Waals surface area contributed by atoms with Crippen LogP contribution in [0.25, 0.3) is 0 Å². The zero-order valence-electron chi connectivity index (χ0n) is 24.4. The van der Waals surface area contributed by atoms with Crippen LogP contribution in [-0.2, 0) is 39.3 Å². The van der Waals surface area contributed by atoms with Gasteiger partial charge in [0.25, 0.3) is 0 Å². The predicted molar refractivity (Wildman–Crippen MR) is 163 cm³/mol. The molecule has 3 aromatic carbocycles. The van der Waals surface area contributed by atoms with E-state index in [-0.39, 0.29) is 36.9 Å². The highest BCUT2D eigenvalue weighted by Crippen LogP contribution is 2.28. The van der Waals surface area contributed by atoms with Gasteiger partial charge in [-0.1, -0.05) is 53.6 Å². The fraction of sp³-hybridized carbons (Fsp3) is 0.438. The van der Waals surface area contributed by atoms with Gasteiger partial charge in [0, 0.05) is 112 Å². The van der Waals surface area contributed by atoms with Crippen LogP contribution in [0.5, 0.6) is 17.2 Å². The minimum absolute atomic E-state index is 0.265. The maximum absolute atomic E-state index is 10.9. The molecule has 1 saturated heterocycles. The van der Waals surface area contributed by atoms with E-state index in [1.165, 1.54) is 0 Å². The molecule has 0 radical (unpaired) electrons. The van der Waals surface area contributed by atoms with E-state index >= 15 is 0 Å². The maximum Gasteiger partial charge on any atom is 0.124 e. The van der Waals surface area contributed by atoms with E-state index in [4.69, 9.17) is 17.2 Å². The number of phenols is 3. The van der Waals surface area contributed by atoms with E-state index in [1.807, 2.05) is 56.3 Å². The molecule has 222 valence electrons. The minimum atomic E-state index is 0.265. The van der Waals surface area contributed by atoms with Crippen molar-refractivity contribution >= 4 is 0 Å². The van der Waals surface area contributed by atoms with E-state index in [0.717, 1.165) is 83.8 Å². The Hall–Kier alpha value is -3.18. The Morgan fingerprint density at radius 3 is 1.22 bits per heavy atom. The molecule has 1 heterocycles. The number of aromatic hydroxyl groups is 3. The first kappa shape index (κ1) is 30.8. The van der Waals surface area contributed by atoms with Crippen molar-refractivity contribution < 1.29 is 15.3 Å². The number of benzene rings is 3. The molecule has 0 atom stereocenters. The lowest BCUT2D eigenvalue weighted by atomic mass is 10.0. The summed E-state index contributed by atoms with van der Waals surface area (Å²) in [5, 5.41) is 32.6. The van der Waals surface area contributed by atoms with Gasteiger partial charge in [-0.05, 0) is 13.8 Å². The molecule has 9 heteroatoms. The van der Waals surface area contributed by atoms with Crippen LogP contribution >= 0.6 is 0 Å². The van der Waals surface area contributed by atoms with Gasteiger partial charge in [-0.25, -0.2) is 0 Å². The molecule has 3 aromatic rings. The van der Waals surface area contributed by atoms with Crippen molar-refractivity contribution in [1.82, 2.24) is 14.7 Å². The van der Waals surface area contributed by atoms with Crippen LogP contribution < -0.4 is 17.2 Å². The van der Waals surface area contributed by atoms with Crippen LogP contribution in [0.1, 0.15) is 44.5 Å². The number of phenolic OH excluding ortho intramolecular Hbond substituents is 3. The van der Waals surface area contributed by atoms with Crippen LogP contribution in [0.2, 0.25) is 0 Å². The molecule has 1 aliphatic rings. The van der Waals surface area contributed by atoms with Gasteiger partial charge in [0.05, 0.1) is 0 Å². The van der Waals surface area contributed by atoms with Gasteiger partial charge in [-0.2, -0.15) is 0 Å². The molecule has 0 saturated carbocycles. The molecule has 4 rings (SSSR count). The van der Waals surface area contributed by atoms with Crippen LogP contribution in [0, 0.1) is 13.8 Å². The third-order valence-corrected chi connectivity index (χ3v) is 8.07. The Morgan fingerprint density at radius 1 is 0.512 bits per heavy atom. The third kappa shape index (κ3) is 7.77. The smallest absolute Gasteiger partial charge is 0.124 e. The molecule has 0 unspecified atom stereocenters. The molecule has 0 bridgehead atoms. The predicted octanol–water partition coefficient (Wildman–Crippen LogP) is 2.62. The van der Waals surface area contributed by atoms with Crippen molar-refractivity contribution in [3.05, 3.63) is 87.0 Å². The van der Waals surface area contributed by atoms with E-state index in [2.05, 4.69) is 14.7 Å². The molecule has 1 aliphatic heterocycles. The lowest BCUT2D eigenvalue weighted by Crippen LogP contribution is -2.35. The molecule has 9 nitrogen and oxygen atoms in total. The van der Waals surface area contributed by atoms with Crippen LogP contribution in [0.4, 0.5) is 0 Å². The lowest BCUT2D eigenvalue weighted by molar-refractivity contribution is 0.207. The normalized spacial score (nSPS) is 15.9. The number of nitrogens with zero attached hydrogens (tertiary/aromatic N) is 3. The second-order valence-electron chi connectivity index (χ2n) is 11.2. The zero-order valence-corrected chi connectivity index (χ0v) is 24.4. The molecule has 0 amide bonds. The number of nitrogens with two attached hydrogens (primary N) is 3. The number of hydrogen-bond donors (Lipinski definition) is 6. The fourth-order valence-corrected chi connectivity index (χ4v) is 5.74. The van der Waals surface area contributed by atoms with Crippen LogP contribution in [-0.4, -0.2) is 69.3 Å². The third-order valence-electron chi connectivity index (χ3n) is 8.07. The van der Waals surface area contributed by atoms with Gasteiger partial charge in [-0.15, -0.1) is 0 Å². The molecule has 1 fully saturated rings. The van der Waals surface area contributed by atoms with E-state index in [1.54, 1.807) is 0 Å². The topological polar surface area (TPSA) is 148 Å². The average Bonchev–Trinajstić information content (AvgIpc) is 3.04. The summed E-state index contributed by atoms with van der Waals surface area (Å²) in [6.07, 6.45) is 0. The summed E-state index contributed by atoms with van der Waals surface area (Å²) in [5.74, 6) is 0.810. The SMILES string of the molecule is Cc1cc(CN)c(O)c(CN2CCN(Cc3cccc(CN)c3O)CCN(Cc3cc(C)cc(CN)c3O)CC2)c1. The van der Waals surface area contributed by atoms with Gasteiger partial charge in [0.15, 0.2) is 0 Å². The van der Waals surface area contributed by atoms with Crippen molar-refractivity contribution in [2.75, 3.05) is 39.3 Å². The molecule has 41 heavy (non-hydrogen) atoms. The first-order chi connectivity index (χ1) is 19.7. The summed E-state index contributed by atoms with van der Waals surface area (Å²) in [6, 6.07) is 13.7. The zero-order chi connectivity index (χ0) is 29.5. The highest BCUT2D eigenvalue weighted by molar-refractivity contribution is 5.44. The van der Waals surface area contributed by atoms with E-state index in [0.29, 0.717) is 19.6 Å². The molecule has 0 aromatic heterocycles. The summed E-state index contributed by atoms with van der Waals surface area (Å²) >= 11 is 0. The Labute approximate surface area is 243 Å². The molecule has 0 aliphatic carbocycles. The molecule has 9 N–H and O–H groups in total. The van der Waals surface area contributed by atoms with Gasteiger partial charge in [-0.3, -0.25) is 14.7 Å². The van der Waals surface area contributed by atoms with Crippen molar-refractivity contribution in [1.29, 1.82) is 0 Å². The lowest BCUT2D eigenvalue weighted by Gasteiger charge is -2.27. The summed E-state index contributed by atoms with van der Waals surface area (Å²) < 4.78 is 0. The number of aryl methyl sites for hydroxylation is 2. The minimum Gasteiger partial charge on any atom is -0.507 e. The monoisotopic (exact) mass is 562 g/mol. The number of hydrogen-bond acceptors (Lipinski definition) is 9. The average molecular weight is 563 g/mol. The first-order valence-corrected chi connectivity index (χ1v) is 14.4. The largest absolute Gasteiger partial charge is 0.507 e. The second-order valence-corrected chi connectivity index (χ2v) is 11.2. The fourth-order valence-electron chi connectivity index (χ4n) is 5.74. The van der Waals surface area contributed by atoms with Crippen molar-refractivity contribution in [3.63, 3.8) is 0 Å². The van der Waals surface area contributed by atoms with Gasteiger partial charge in [0.1, 0.15) is 17.2 Å². The highest BCUT2D eigenvalue weighted by Gasteiger charge is 2.21. The Morgan fingerprint density at radius 2 is 0.829 bits per heavy atom. The quantitative estimate of drug-likeness (QED) is 0.231. The first-order valence-electron chi connectivity index (χ1n) is 14.4. The second kappa shape index (κ2) is 14.1. The summed E-state index contributed by atoms with van der Waals surface area (Å²) in [5.41, 5.74) is 24.7. The molecular weight excluding hydrogens is 516 g/mol. The molecule has 0 spiro atoms. The van der Waals surface area contributed by atoms with Crippen LogP contribution in [0.15, 0.2) is 42.5 Å². The summed E-state index contributed by atoms with van der Waals surface area (Å²) in [7, 11) is 0. The number of para-hydroxylation sites is 1. The Balaban J connectivity index is 1.60. The van der Waals surface area contributed by atoms with Crippen molar-refractivity contribution in [2.24, 2.45) is 17.2 Å². The van der Waals surface area contributed by atoms with E-state index < -0.39 is 0 Å². The van der Waals surface area contributed by atoms with E-state index in [9.17, 15) is 15.3 Å². The summed E-state index contributed by atoms with van der Waals surface area (Å²) in [4.78, 5) is 7.07. The van der Waals surface area contributed by atoms with Crippen molar-refractivity contribution in [3.8, 4) is 17.2 Å². The van der Waals surface area contributed by atoms with Gasteiger partial charge in [0.2, 0.25) is 0 Å². The number of rotatable bonds is 9. The van der Waals surface area contributed by atoms with Gasteiger partial charge < -0.3 is 32.5 Å². The van der Waals surface area contributed by atoms with Crippen molar-refractivity contribution in [2.45, 2.75) is 53.1 Å². The van der Waals surface area contributed by atoms with Gasteiger partial charge >= 0.3 is 0 Å². The highest BCUT2D eigenvalue weighted by atomic mass is 16.3. The standard InChI is InChI=1S/C32H46N6O3/c1-22-12-26(17-34)31(40)28(14-22)20-37-8-6-36(19-25-5-3-4-24(16-33)30(25)39)7-9-38(11-10-37)21-29-15-23(2)13-27(18-35)32(29)41/h3-5,12-15,39-41H,6-11,16-21,33-35H2,1-2H3. The van der Waals surface area contributed by atoms with Crippen LogP contribution in [0.3, 0.4) is 0 Å².